The number of aromatic nitrogens is 1. The Kier molecular flexibility index (Phi) is 8.85. The van der Waals surface area contributed by atoms with E-state index in [4.69, 9.17) is 9.26 Å². The first-order valence-corrected chi connectivity index (χ1v) is 14.5. The average molecular weight is 654 g/mol. The van der Waals surface area contributed by atoms with E-state index in [2.05, 4.69) is 21.1 Å². The topological polar surface area (TPSA) is 109 Å². The molecule has 0 radical (unpaired) electrons. The molecule has 1 unspecified atom stereocenters. The van der Waals surface area contributed by atoms with Gasteiger partial charge in [-0.15, -0.1) is 0 Å². The predicted molar refractivity (Wildman–Crippen MR) is 154 cm³/mol. The number of piperazine rings is 1. The molecule has 3 N–H and O–H groups in total. The maximum absolute atomic E-state index is 13.5. The summed E-state index contributed by atoms with van der Waals surface area (Å²) in [5.41, 5.74) is -3.21. The van der Waals surface area contributed by atoms with E-state index in [9.17, 15) is 35.9 Å². The lowest BCUT2D eigenvalue weighted by Gasteiger charge is -2.57. The Hall–Kier alpha value is -4.11. The molecule has 3 amide bonds. The number of carbonyl (C=O) groups is 2. The van der Waals surface area contributed by atoms with Crippen molar-refractivity contribution in [2.75, 3.05) is 31.6 Å². The minimum atomic E-state index is -4.99. The summed E-state index contributed by atoms with van der Waals surface area (Å²) in [5, 5.41) is 12.3. The molecule has 46 heavy (non-hydrogen) atoms. The first kappa shape index (κ1) is 33.3. The van der Waals surface area contributed by atoms with Gasteiger partial charge in [-0.3, -0.25) is 9.69 Å². The molecule has 9 nitrogen and oxygen atoms in total. The molecule has 2 fully saturated rings. The summed E-state index contributed by atoms with van der Waals surface area (Å²) in [4.78, 5) is 27.7. The quantitative estimate of drug-likeness (QED) is 0.254. The molecule has 1 aromatic heterocycles. The van der Waals surface area contributed by atoms with Gasteiger partial charge in [-0.1, -0.05) is 35.5 Å². The highest BCUT2D eigenvalue weighted by atomic mass is 19.4. The summed E-state index contributed by atoms with van der Waals surface area (Å²) in [7, 11) is 0. The van der Waals surface area contributed by atoms with E-state index >= 15 is 0 Å². The van der Waals surface area contributed by atoms with Crippen LogP contribution in [0.2, 0.25) is 0 Å². The van der Waals surface area contributed by atoms with Crippen molar-refractivity contribution >= 4 is 17.6 Å². The third kappa shape index (κ3) is 6.84. The van der Waals surface area contributed by atoms with Gasteiger partial charge in [-0.2, -0.15) is 26.3 Å². The molecule has 2 aliphatic heterocycles. The second kappa shape index (κ2) is 12.2. The highest BCUT2D eigenvalue weighted by Crippen LogP contribution is 2.44. The van der Waals surface area contributed by atoms with Crippen molar-refractivity contribution < 1.29 is 45.2 Å². The van der Waals surface area contributed by atoms with Crippen LogP contribution in [-0.2, 0) is 27.4 Å². The van der Waals surface area contributed by atoms with E-state index in [0.29, 0.717) is 48.7 Å². The Morgan fingerprint density at radius 1 is 1.07 bits per heavy atom. The molecule has 4 atom stereocenters. The first-order chi connectivity index (χ1) is 21.5. The molecule has 15 heteroatoms. The number of urea groups is 1. The monoisotopic (exact) mass is 653 g/mol. The Labute approximate surface area is 260 Å². The van der Waals surface area contributed by atoms with E-state index in [1.54, 1.807) is 32.0 Å². The third-order valence-corrected chi connectivity index (χ3v) is 8.68. The largest absolute Gasteiger partial charge is 0.416 e. The number of hydrogen-bond acceptors (Lipinski definition) is 6. The minimum Gasteiger partial charge on any atom is -0.372 e. The lowest BCUT2D eigenvalue weighted by atomic mass is 9.73. The molecular formula is C31H33F6N5O4. The summed E-state index contributed by atoms with van der Waals surface area (Å²) in [6.45, 7) is 4.94. The molecule has 3 aromatic rings. The minimum absolute atomic E-state index is 0.0402. The van der Waals surface area contributed by atoms with Gasteiger partial charge in [-0.05, 0) is 62.9 Å². The molecule has 0 spiro atoms. The second-order valence-corrected chi connectivity index (χ2v) is 11.9. The number of piperidine rings is 1. The molecule has 0 saturated carbocycles. The van der Waals surface area contributed by atoms with E-state index in [0.717, 1.165) is 5.56 Å². The number of alkyl halides is 6. The van der Waals surface area contributed by atoms with Crippen LogP contribution >= 0.6 is 0 Å². The van der Waals surface area contributed by atoms with Gasteiger partial charge in [0.25, 0.3) is 0 Å². The summed E-state index contributed by atoms with van der Waals surface area (Å²) in [6, 6.07) is 9.97. The van der Waals surface area contributed by atoms with Crippen LogP contribution in [0.15, 0.2) is 53.1 Å². The smallest absolute Gasteiger partial charge is 0.372 e. The standard InChI is InChI=1S/C31H33F6N5O4/c1-18-26(20(3)46-41-18)39-27(44)38-15-28-9-10-29(22-7-5-4-6-8-22,42(16-28)14-25(43)40-28)17-45-19(2)21-11-23(30(32,33)34)13-24(12-21)31(35,36)37/h4-8,11-13,19H,9-10,14-17H2,1-3H3,(H,40,43)(H2,38,39,44)/t19-,28+,29-/m1/s1. The van der Waals surface area contributed by atoms with Crippen molar-refractivity contribution in [2.45, 2.75) is 63.1 Å². The van der Waals surface area contributed by atoms with Crippen molar-refractivity contribution in [1.29, 1.82) is 0 Å². The molecule has 2 aromatic carbocycles. The number of ether oxygens (including phenoxy) is 1. The molecule has 5 rings (SSSR count). The molecule has 2 saturated heterocycles. The van der Waals surface area contributed by atoms with Crippen LogP contribution in [0.5, 0.6) is 0 Å². The number of benzene rings is 2. The Morgan fingerprint density at radius 3 is 2.30 bits per heavy atom. The molecule has 248 valence electrons. The average Bonchev–Trinajstić information content (AvgIpc) is 3.31. The Bertz CT molecular complexity index is 1540. The zero-order valence-electron chi connectivity index (χ0n) is 25.2. The Morgan fingerprint density at radius 2 is 1.72 bits per heavy atom. The van der Waals surface area contributed by atoms with E-state index < -0.39 is 46.7 Å². The van der Waals surface area contributed by atoms with Crippen molar-refractivity contribution in [3.05, 3.63) is 82.2 Å². The van der Waals surface area contributed by atoms with Crippen LogP contribution in [-0.4, -0.2) is 53.8 Å². The molecule has 2 aliphatic rings. The number of rotatable bonds is 8. The molecular weight excluding hydrogens is 620 g/mol. The van der Waals surface area contributed by atoms with Crippen LogP contribution in [0, 0.1) is 13.8 Å². The third-order valence-electron chi connectivity index (χ3n) is 8.68. The van der Waals surface area contributed by atoms with Crippen molar-refractivity contribution in [3.63, 3.8) is 0 Å². The predicted octanol–water partition coefficient (Wildman–Crippen LogP) is 6.09. The van der Waals surface area contributed by atoms with Gasteiger partial charge in [0.2, 0.25) is 5.91 Å². The fourth-order valence-corrected chi connectivity index (χ4v) is 6.17. The van der Waals surface area contributed by atoms with E-state index in [1.165, 1.54) is 6.92 Å². The fraction of sp³-hybridized carbons (Fsp3) is 0.452. The highest BCUT2D eigenvalue weighted by Gasteiger charge is 2.53. The van der Waals surface area contributed by atoms with Crippen molar-refractivity contribution in [2.24, 2.45) is 0 Å². The van der Waals surface area contributed by atoms with Gasteiger partial charge in [0.05, 0.1) is 41.5 Å². The first-order valence-electron chi connectivity index (χ1n) is 14.5. The second-order valence-electron chi connectivity index (χ2n) is 11.9. The summed E-state index contributed by atoms with van der Waals surface area (Å²) >= 11 is 0. The maximum Gasteiger partial charge on any atom is 0.416 e. The SMILES string of the molecule is Cc1noc(C)c1NC(=O)NC[C@]12CC[C@@](CO[C@H](C)c3cc(C(F)(F)F)cc(C(F)(F)F)c3)(c3ccccc3)N(CC(=O)N1)C2. The van der Waals surface area contributed by atoms with E-state index in [-0.39, 0.29) is 37.2 Å². The van der Waals surface area contributed by atoms with Gasteiger partial charge in [0, 0.05) is 13.1 Å². The molecule has 2 bridgehead atoms. The zero-order chi connectivity index (χ0) is 33.5. The highest BCUT2D eigenvalue weighted by molar-refractivity contribution is 5.90. The van der Waals surface area contributed by atoms with Crippen LogP contribution in [0.4, 0.5) is 36.8 Å². The molecule has 3 heterocycles. The number of halogens is 6. The van der Waals surface area contributed by atoms with Crippen LogP contribution in [0.1, 0.15) is 59.6 Å². The summed E-state index contributed by atoms with van der Waals surface area (Å²) < 4.78 is 92.3. The number of nitrogens with one attached hydrogen (secondary N) is 3. The molecule has 0 aliphatic carbocycles. The summed E-state index contributed by atoms with van der Waals surface area (Å²) in [6.07, 6.45) is -10.4. The fourth-order valence-electron chi connectivity index (χ4n) is 6.17. The number of fused-ring (bicyclic) bond motifs is 2. The number of nitrogens with zero attached hydrogens (tertiary/aromatic N) is 2. The van der Waals surface area contributed by atoms with Gasteiger partial charge in [-0.25, -0.2) is 4.79 Å². The van der Waals surface area contributed by atoms with E-state index in [1.807, 2.05) is 17.0 Å². The number of anilines is 1. The van der Waals surface area contributed by atoms with Crippen LogP contribution in [0.3, 0.4) is 0 Å². The number of amides is 3. The zero-order valence-corrected chi connectivity index (χ0v) is 25.2. The van der Waals surface area contributed by atoms with Gasteiger partial charge >= 0.3 is 18.4 Å². The maximum atomic E-state index is 13.5. The van der Waals surface area contributed by atoms with Crippen LogP contribution < -0.4 is 16.0 Å². The number of carbonyl (C=O) groups excluding carboxylic acids is 2. The van der Waals surface area contributed by atoms with Gasteiger partial charge < -0.3 is 25.2 Å². The number of hydrogen-bond donors (Lipinski definition) is 3. The van der Waals surface area contributed by atoms with Crippen molar-refractivity contribution in [1.82, 2.24) is 20.7 Å². The van der Waals surface area contributed by atoms with Gasteiger partial charge in [0.1, 0.15) is 11.4 Å². The lowest BCUT2D eigenvalue weighted by Crippen LogP contribution is -2.74. The van der Waals surface area contributed by atoms with Crippen molar-refractivity contribution in [3.8, 4) is 0 Å². The van der Waals surface area contributed by atoms with Gasteiger partial charge in [0.15, 0.2) is 5.76 Å². The lowest BCUT2D eigenvalue weighted by molar-refractivity contribution is -0.143. The van der Waals surface area contributed by atoms with Crippen LogP contribution in [0.25, 0.3) is 0 Å². The Balaban J connectivity index is 1.38. The summed E-state index contributed by atoms with van der Waals surface area (Å²) in [5.74, 6) is 0.127. The number of aryl methyl sites for hydroxylation is 2. The normalized spacial score (nSPS) is 23.8.